The first-order valence-corrected chi connectivity index (χ1v) is 20.1. The van der Waals surface area contributed by atoms with Crippen molar-refractivity contribution in [1.29, 1.82) is 0 Å². The van der Waals surface area contributed by atoms with Crippen molar-refractivity contribution in [2.45, 2.75) is 29.6 Å². The molecule has 0 aromatic carbocycles. The summed E-state index contributed by atoms with van der Waals surface area (Å²) in [5.41, 5.74) is 0. The van der Waals surface area contributed by atoms with E-state index in [2.05, 4.69) is 29.6 Å². The van der Waals surface area contributed by atoms with Crippen molar-refractivity contribution < 1.29 is 0 Å². The monoisotopic (exact) mass is 362 g/mol. The Morgan fingerprint density at radius 3 is 0.556 bits per heavy atom. The van der Waals surface area contributed by atoms with E-state index in [9.17, 15) is 0 Å². The van der Waals surface area contributed by atoms with Crippen LogP contribution in [-0.4, -0.2) is 39.5 Å². The molecule has 0 aliphatic carbocycles. The fourth-order valence-electron chi connectivity index (χ4n) is 0. The Bertz CT molecular complexity index is 26.5. The molecule has 0 nitrogen and oxygen atoms in total. The second kappa shape index (κ2) is 12.6. The third kappa shape index (κ3) is 166. The average Bonchev–Trinajstić information content (AvgIpc) is 1.25. The van der Waals surface area contributed by atoms with Crippen molar-refractivity contribution in [2.24, 2.45) is 0 Å². The number of hydrogen-bond donors (Lipinski definition) is 0. The maximum atomic E-state index is 2.36. The minimum atomic E-state index is -0.543. The average molecular weight is 360 g/mol. The van der Waals surface area contributed by atoms with Gasteiger partial charge in [0.25, 0.3) is 0 Å². The molecule has 0 N–H and O–H groups in total. The molecule has 0 aliphatic heterocycles. The fourth-order valence-corrected chi connectivity index (χ4v) is 0. The Kier molecular flexibility index (Phi) is 24.0. The summed E-state index contributed by atoms with van der Waals surface area (Å²) in [5, 5.41) is 0. The molecule has 0 fully saturated rings. The van der Waals surface area contributed by atoms with E-state index in [4.69, 9.17) is 0 Å². The molecule has 3 heteroatoms. The van der Waals surface area contributed by atoms with Gasteiger partial charge in [-0.2, -0.15) is 0 Å². The van der Waals surface area contributed by atoms with Crippen LogP contribution in [0.1, 0.15) is 0 Å². The molecule has 0 aromatic rings. The third-order valence-electron chi connectivity index (χ3n) is 0. The molecule has 0 saturated heterocycles. The van der Waals surface area contributed by atoms with Crippen LogP contribution in [0.2, 0.25) is 29.6 Å². The molecular formula is C6H18SSn2. The summed E-state index contributed by atoms with van der Waals surface area (Å²) >= 11 is -1.09. The minimum absolute atomic E-state index is 0. The zero-order chi connectivity index (χ0) is 7.15. The van der Waals surface area contributed by atoms with Crippen LogP contribution in [0.5, 0.6) is 0 Å². The first-order valence-electron chi connectivity index (χ1n) is 3.00. The standard InChI is InChI=1S/6CH3.S.2Sn/h6*1H3;;;/q;;;;;;-2;2*+1. The van der Waals surface area contributed by atoms with Gasteiger partial charge in [-0.15, -0.1) is 0 Å². The van der Waals surface area contributed by atoms with Gasteiger partial charge in [0.2, 0.25) is 0 Å². The summed E-state index contributed by atoms with van der Waals surface area (Å²) < 4.78 is 0. The Balaban J connectivity index is -0.0000000720. The maximum absolute atomic E-state index is 2.36. The van der Waals surface area contributed by atoms with Crippen LogP contribution in [0.25, 0.3) is 0 Å². The van der Waals surface area contributed by atoms with E-state index < -0.39 is 39.5 Å². The molecule has 0 rings (SSSR count). The molecule has 0 heterocycles. The van der Waals surface area contributed by atoms with E-state index >= 15 is 0 Å². The molecular weight excluding hydrogens is 342 g/mol. The normalized spacial score (nSPS) is 6.00. The molecule has 0 aromatic heterocycles. The summed E-state index contributed by atoms with van der Waals surface area (Å²) in [4.78, 5) is 14.2. The Hall–Kier alpha value is 1.95. The van der Waals surface area contributed by atoms with E-state index in [0.717, 1.165) is 0 Å². The van der Waals surface area contributed by atoms with E-state index in [1.807, 2.05) is 0 Å². The van der Waals surface area contributed by atoms with Crippen LogP contribution in [0.3, 0.4) is 0 Å². The van der Waals surface area contributed by atoms with Crippen molar-refractivity contribution in [3.8, 4) is 0 Å². The molecule has 0 amide bonds. The molecule has 0 atom stereocenters. The van der Waals surface area contributed by atoms with Gasteiger partial charge in [-0.3, -0.25) is 0 Å². The Morgan fingerprint density at radius 2 is 0.556 bits per heavy atom. The van der Waals surface area contributed by atoms with Crippen LogP contribution in [0.15, 0.2) is 0 Å². The van der Waals surface area contributed by atoms with Gasteiger partial charge in [0, 0.05) is 0 Å². The SMILES string of the molecule is [CH3][Sn+]([CH3])[CH3].[CH3][Sn+]([CH3])[CH3].[S-2]. The molecule has 0 bridgehead atoms. The van der Waals surface area contributed by atoms with Gasteiger partial charge < -0.3 is 13.5 Å². The Labute approximate surface area is 81.7 Å². The predicted octanol–water partition coefficient (Wildman–Crippen LogP) is 2.74. The quantitative estimate of drug-likeness (QED) is 0.584. The van der Waals surface area contributed by atoms with Crippen molar-refractivity contribution >= 4 is 53.0 Å². The first kappa shape index (κ1) is 17.2. The second-order valence-electron chi connectivity index (χ2n) is 3.00. The summed E-state index contributed by atoms with van der Waals surface area (Å²) in [6.45, 7) is 0. The van der Waals surface area contributed by atoms with Crippen molar-refractivity contribution in [1.82, 2.24) is 0 Å². The Morgan fingerprint density at radius 1 is 0.556 bits per heavy atom. The minimum Gasteiger partial charge on any atom is -2.00 e. The van der Waals surface area contributed by atoms with Gasteiger partial charge in [-0.1, -0.05) is 0 Å². The molecule has 0 saturated carbocycles. The van der Waals surface area contributed by atoms with E-state index in [-0.39, 0.29) is 13.5 Å². The fraction of sp³-hybridized carbons (Fsp3) is 1.00. The van der Waals surface area contributed by atoms with Gasteiger partial charge >= 0.3 is 69.2 Å². The maximum Gasteiger partial charge on any atom is -2.00 e. The van der Waals surface area contributed by atoms with E-state index in [1.165, 1.54) is 0 Å². The van der Waals surface area contributed by atoms with E-state index in [1.54, 1.807) is 0 Å². The van der Waals surface area contributed by atoms with E-state index in [0.29, 0.717) is 0 Å². The smallest absolute Gasteiger partial charge is 2.00 e. The summed E-state index contributed by atoms with van der Waals surface area (Å²) in [5.74, 6) is 0. The molecule has 56 valence electrons. The number of rotatable bonds is 0. The molecule has 9 heavy (non-hydrogen) atoms. The summed E-state index contributed by atoms with van der Waals surface area (Å²) in [6.07, 6.45) is 0. The van der Waals surface area contributed by atoms with Crippen LogP contribution in [-0.2, 0) is 13.5 Å². The van der Waals surface area contributed by atoms with Gasteiger partial charge in [-0.25, -0.2) is 0 Å². The third-order valence-corrected chi connectivity index (χ3v) is 0. The molecule has 0 radical (unpaired) electrons. The van der Waals surface area contributed by atoms with Crippen molar-refractivity contribution in [3.05, 3.63) is 0 Å². The predicted molar refractivity (Wildman–Crippen MR) is 54.1 cm³/mol. The largest absolute Gasteiger partial charge is 2.00 e. The van der Waals surface area contributed by atoms with Crippen LogP contribution in [0, 0.1) is 0 Å². The first-order chi connectivity index (χ1) is 3.46. The van der Waals surface area contributed by atoms with Crippen molar-refractivity contribution in [2.75, 3.05) is 0 Å². The molecule has 0 spiro atoms. The zero-order valence-corrected chi connectivity index (χ0v) is 13.9. The summed E-state index contributed by atoms with van der Waals surface area (Å²) in [7, 11) is 0. The van der Waals surface area contributed by atoms with Crippen molar-refractivity contribution in [3.63, 3.8) is 0 Å². The summed E-state index contributed by atoms with van der Waals surface area (Å²) in [6, 6.07) is 0. The molecule has 0 unspecified atom stereocenters. The van der Waals surface area contributed by atoms with Crippen LogP contribution < -0.4 is 0 Å². The van der Waals surface area contributed by atoms with Crippen LogP contribution >= 0.6 is 0 Å². The topological polar surface area (TPSA) is 0 Å². The van der Waals surface area contributed by atoms with Gasteiger partial charge in [0.05, 0.1) is 0 Å². The molecule has 0 aliphatic rings. The van der Waals surface area contributed by atoms with Gasteiger partial charge in [0.15, 0.2) is 0 Å². The van der Waals surface area contributed by atoms with Gasteiger partial charge in [-0.05, 0) is 0 Å². The number of hydrogen-bond acceptors (Lipinski definition) is 0. The van der Waals surface area contributed by atoms with Crippen LogP contribution in [0.4, 0.5) is 0 Å². The van der Waals surface area contributed by atoms with Gasteiger partial charge in [0.1, 0.15) is 0 Å². The second-order valence-corrected chi connectivity index (χ2v) is 20.1. The zero-order valence-electron chi connectivity index (χ0n) is 7.41.